The van der Waals surface area contributed by atoms with Gasteiger partial charge in [-0.05, 0) is 93.0 Å². The molecule has 0 bridgehead atoms. The van der Waals surface area contributed by atoms with Crippen LogP contribution < -0.4 is 4.90 Å². The van der Waals surface area contributed by atoms with Crippen LogP contribution in [0.1, 0.15) is 73.1 Å². The van der Waals surface area contributed by atoms with E-state index in [0.717, 1.165) is 44.5 Å². The molecule has 9 heteroatoms. The van der Waals surface area contributed by atoms with Gasteiger partial charge in [0.05, 0.1) is 12.2 Å². The summed E-state index contributed by atoms with van der Waals surface area (Å²) in [4.78, 5) is 42.0. The number of carbonyl (C=O) groups is 2. The van der Waals surface area contributed by atoms with Crippen LogP contribution >= 0.6 is 0 Å². The SMILES string of the molecule is CCOC(=O)/C(C#N)=C/c1ccc(N(C)C(=O)CCc2cc(-c3nc(-c4ccc(C)cc4C)nc(-c4ccc(C)cc4C)n3)c(O)c(C(C)(C)C)c2)cc1. The molecule has 4 aromatic carbocycles. The maximum Gasteiger partial charge on any atom is 0.348 e. The van der Waals surface area contributed by atoms with Crippen molar-refractivity contribution in [1.29, 1.82) is 5.26 Å². The first-order valence-corrected chi connectivity index (χ1v) is 18.0. The molecule has 54 heavy (non-hydrogen) atoms. The van der Waals surface area contributed by atoms with Gasteiger partial charge in [-0.3, -0.25) is 4.79 Å². The molecule has 0 saturated heterocycles. The van der Waals surface area contributed by atoms with Crippen molar-refractivity contribution < 1.29 is 19.4 Å². The highest BCUT2D eigenvalue weighted by molar-refractivity contribution is 5.98. The van der Waals surface area contributed by atoms with Crippen LogP contribution in [0.2, 0.25) is 0 Å². The van der Waals surface area contributed by atoms with E-state index in [4.69, 9.17) is 19.7 Å². The monoisotopic (exact) mass is 721 g/mol. The van der Waals surface area contributed by atoms with Crippen molar-refractivity contribution in [3.05, 3.63) is 117 Å². The third-order valence-corrected chi connectivity index (χ3v) is 9.31. The van der Waals surface area contributed by atoms with E-state index in [-0.39, 0.29) is 30.3 Å². The van der Waals surface area contributed by atoms with E-state index in [9.17, 15) is 20.0 Å². The highest BCUT2D eigenvalue weighted by Gasteiger charge is 2.25. The highest BCUT2D eigenvalue weighted by Crippen LogP contribution is 2.40. The van der Waals surface area contributed by atoms with Gasteiger partial charge in [-0.15, -0.1) is 0 Å². The maximum atomic E-state index is 13.5. The molecular weight excluding hydrogens is 675 g/mol. The van der Waals surface area contributed by atoms with E-state index in [1.807, 2.05) is 90.9 Å². The number of amides is 1. The zero-order chi connectivity index (χ0) is 39.3. The Bertz CT molecular complexity index is 2230. The molecule has 1 N–H and O–H groups in total. The van der Waals surface area contributed by atoms with Gasteiger partial charge in [0.25, 0.3) is 0 Å². The summed E-state index contributed by atoms with van der Waals surface area (Å²) in [5.74, 6) is 0.678. The minimum atomic E-state index is -0.678. The molecule has 0 radical (unpaired) electrons. The van der Waals surface area contributed by atoms with Crippen LogP contribution in [0.5, 0.6) is 5.75 Å². The van der Waals surface area contributed by atoms with Gasteiger partial charge in [-0.25, -0.2) is 19.7 Å². The van der Waals surface area contributed by atoms with Crippen LogP contribution in [0.3, 0.4) is 0 Å². The molecule has 5 rings (SSSR count). The average molecular weight is 722 g/mol. The van der Waals surface area contributed by atoms with Crippen molar-refractivity contribution in [1.82, 2.24) is 15.0 Å². The predicted octanol–water partition coefficient (Wildman–Crippen LogP) is 9.18. The molecule has 9 nitrogen and oxygen atoms in total. The molecule has 0 saturated carbocycles. The smallest absolute Gasteiger partial charge is 0.348 e. The zero-order valence-electron chi connectivity index (χ0n) is 32.5. The van der Waals surface area contributed by atoms with Crippen LogP contribution in [0.4, 0.5) is 5.69 Å². The summed E-state index contributed by atoms with van der Waals surface area (Å²) in [5.41, 5.74) is 8.92. The number of hydrogen-bond acceptors (Lipinski definition) is 8. The number of anilines is 1. The third-order valence-electron chi connectivity index (χ3n) is 9.31. The van der Waals surface area contributed by atoms with Crippen LogP contribution in [-0.4, -0.2) is 45.6 Å². The number of nitrogens with zero attached hydrogens (tertiary/aromatic N) is 5. The van der Waals surface area contributed by atoms with Gasteiger partial charge < -0.3 is 14.7 Å². The van der Waals surface area contributed by atoms with Crippen molar-refractivity contribution in [3.63, 3.8) is 0 Å². The minimum absolute atomic E-state index is 0.0932. The van der Waals surface area contributed by atoms with Crippen LogP contribution in [0.15, 0.2) is 78.4 Å². The number of rotatable bonds is 10. The molecule has 0 spiro atoms. The first kappa shape index (κ1) is 39.1. The Morgan fingerprint density at radius 2 is 1.35 bits per heavy atom. The van der Waals surface area contributed by atoms with E-state index in [1.54, 1.807) is 43.1 Å². The molecule has 0 atom stereocenters. The fraction of sp³-hybridized carbons (Fsp3) is 0.289. The number of ether oxygens (including phenoxy) is 1. The van der Waals surface area contributed by atoms with E-state index >= 15 is 0 Å². The second-order valence-electron chi connectivity index (χ2n) is 14.7. The molecule has 0 aliphatic heterocycles. The Labute approximate surface area is 318 Å². The second-order valence-corrected chi connectivity index (χ2v) is 14.7. The molecule has 5 aromatic rings. The molecule has 1 aromatic heterocycles. The number of esters is 1. The Kier molecular flexibility index (Phi) is 11.8. The lowest BCUT2D eigenvalue weighted by Gasteiger charge is -2.24. The Balaban J connectivity index is 1.50. The molecule has 1 amide bonds. The molecule has 0 aliphatic rings. The van der Waals surface area contributed by atoms with Crippen molar-refractivity contribution >= 4 is 23.6 Å². The topological polar surface area (TPSA) is 129 Å². The number of aromatic hydroxyl groups is 1. The third kappa shape index (κ3) is 8.89. The number of hydrogen-bond donors (Lipinski definition) is 1. The Morgan fingerprint density at radius 1 is 0.815 bits per heavy atom. The van der Waals surface area contributed by atoms with Gasteiger partial charge in [-0.2, -0.15) is 5.26 Å². The fourth-order valence-electron chi connectivity index (χ4n) is 6.32. The number of nitriles is 1. The van der Waals surface area contributed by atoms with Gasteiger partial charge in [0, 0.05) is 35.8 Å². The van der Waals surface area contributed by atoms with Crippen molar-refractivity contribution in [3.8, 4) is 46.0 Å². The molecule has 276 valence electrons. The van der Waals surface area contributed by atoms with Gasteiger partial charge in [0.15, 0.2) is 17.5 Å². The zero-order valence-corrected chi connectivity index (χ0v) is 32.5. The van der Waals surface area contributed by atoms with E-state index in [1.165, 1.54) is 6.08 Å². The van der Waals surface area contributed by atoms with Gasteiger partial charge in [0.1, 0.15) is 17.4 Å². The number of carbonyl (C=O) groups excluding carboxylic acids is 2. The summed E-state index contributed by atoms with van der Waals surface area (Å²) in [6.45, 7) is 16.1. The van der Waals surface area contributed by atoms with E-state index in [2.05, 4.69) is 12.1 Å². The fourth-order valence-corrected chi connectivity index (χ4v) is 6.32. The average Bonchev–Trinajstić information content (AvgIpc) is 3.12. The van der Waals surface area contributed by atoms with Gasteiger partial charge in [0.2, 0.25) is 5.91 Å². The normalized spacial score (nSPS) is 11.6. The van der Waals surface area contributed by atoms with Crippen molar-refractivity contribution in [2.24, 2.45) is 0 Å². The summed E-state index contributed by atoms with van der Waals surface area (Å²) in [6, 6.07) is 25.0. The molecule has 1 heterocycles. The highest BCUT2D eigenvalue weighted by atomic mass is 16.5. The number of aryl methyl sites for hydroxylation is 5. The van der Waals surface area contributed by atoms with Crippen LogP contribution in [0, 0.1) is 39.0 Å². The minimum Gasteiger partial charge on any atom is -0.507 e. The number of phenolic OH excluding ortho intramolecular Hbond substituents is 1. The van der Waals surface area contributed by atoms with Crippen molar-refractivity contribution in [2.45, 2.75) is 73.6 Å². The summed E-state index contributed by atoms with van der Waals surface area (Å²) < 4.78 is 4.95. The first-order valence-electron chi connectivity index (χ1n) is 18.0. The molecule has 0 unspecified atom stereocenters. The Hall–Kier alpha value is -6.14. The lowest BCUT2D eigenvalue weighted by atomic mass is 9.83. The second kappa shape index (κ2) is 16.3. The summed E-state index contributed by atoms with van der Waals surface area (Å²) in [5, 5.41) is 21.2. The maximum absolute atomic E-state index is 13.5. The van der Waals surface area contributed by atoms with E-state index < -0.39 is 11.4 Å². The largest absolute Gasteiger partial charge is 0.507 e. The lowest BCUT2D eigenvalue weighted by molar-refractivity contribution is -0.137. The summed E-state index contributed by atoms with van der Waals surface area (Å²) in [7, 11) is 1.71. The van der Waals surface area contributed by atoms with Gasteiger partial charge in [-0.1, -0.05) is 86.5 Å². The number of phenols is 1. The van der Waals surface area contributed by atoms with Crippen molar-refractivity contribution in [2.75, 3.05) is 18.6 Å². The summed E-state index contributed by atoms with van der Waals surface area (Å²) in [6.07, 6.45) is 2.07. The van der Waals surface area contributed by atoms with Crippen LogP contribution in [0.25, 0.3) is 40.2 Å². The number of benzene rings is 4. The lowest BCUT2D eigenvalue weighted by Crippen LogP contribution is -2.26. The molecule has 0 aliphatic carbocycles. The van der Waals surface area contributed by atoms with Crippen LogP contribution in [-0.2, 0) is 26.2 Å². The summed E-state index contributed by atoms with van der Waals surface area (Å²) >= 11 is 0. The standard InChI is InChI=1S/C45H47N5O4/c1-10-54-44(53)33(26-46)23-31-13-16-34(17-14-31)50(9)39(51)20-15-32-24-37(40(52)38(25-32)45(6,7)8)43-48-41(35-18-11-27(2)21-29(35)4)47-42(49-43)36-19-12-28(3)22-30(36)5/h11-14,16-19,21-25,52H,10,15,20H2,1-9H3/b33-23+. The predicted molar refractivity (Wildman–Crippen MR) is 214 cm³/mol. The molecular formula is C45H47N5O4. The van der Waals surface area contributed by atoms with Gasteiger partial charge >= 0.3 is 5.97 Å². The van der Waals surface area contributed by atoms with E-state index in [0.29, 0.717) is 40.7 Å². The Morgan fingerprint density at radius 3 is 1.83 bits per heavy atom. The first-order chi connectivity index (χ1) is 25.6. The molecule has 0 fully saturated rings. The quantitative estimate of drug-likeness (QED) is 0.0859. The number of aromatic nitrogens is 3.